The fraction of sp³-hybridized carbons (Fsp3) is 0.316. The molecule has 0 saturated carbocycles. The van der Waals surface area contributed by atoms with Crippen LogP contribution >= 0.6 is 0 Å². The maximum atomic E-state index is 5.89. The summed E-state index contributed by atoms with van der Waals surface area (Å²) in [6.45, 7) is 5.15. The van der Waals surface area contributed by atoms with Gasteiger partial charge < -0.3 is 4.74 Å². The van der Waals surface area contributed by atoms with Crippen LogP contribution in [0.5, 0.6) is 0 Å². The molecule has 0 aliphatic carbocycles. The Kier molecular flexibility index (Phi) is 4.54. The lowest BCUT2D eigenvalue weighted by Crippen LogP contribution is -2.38. The molecule has 128 valence electrons. The molecule has 1 aliphatic heterocycles. The second-order valence-corrected chi connectivity index (χ2v) is 6.29. The monoisotopic (exact) mass is 335 g/mol. The van der Waals surface area contributed by atoms with Crippen LogP contribution in [0, 0.1) is 6.92 Å². The smallest absolute Gasteiger partial charge is 0.158 e. The molecule has 2 aromatic heterocycles. The van der Waals surface area contributed by atoms with Gasteiger partial charge in [0.05, 0.1) is 18.5 Å². The van der Waals surface area contributed by atoms with Gasteiger partial charge in [0.2, 0.25) is 0 Å². The zero-order valence-electron chi connectivity index (χ0n) is 14.2. The van der Waals surface area contributed by atoms with Crippen molar-refractivity contribution >= 4 is 0 Å². The number of aryl methyl sites for hydroxylation is 1. The van der Waals surface area contributed by atoms with Crippen molar-refractivity contribution in [3.63, 3.8) is 0 Å². The van der Waals surface area contributed by atoms with Crippen LogP contribution < -0.4 is 0 Å². The predicted molar refractivity (Wildman–Crippen MR) is 94.8 cm³/mol. The molecule has 6 nitrogen and oxygen atoms in total. The van der Waals surface area contributed by atoms with Crippen molar-refractivity contribution in [1.82, 2.24) is 25.1 Å². The van der Waals surface area contributed by atoms with Gasteiger partial charge in [0.25, 0.3) is 0 Å². The van der Waals surface area contributed by atoms with Crippen LogP contribution in [0.3, 0.4) is 0 Å². The van der Waals surface area contributed by atoms with E-state index >= 15 is 0 Å². The standard InChI is InChI=1S/C19H21N5O/c1-14-7-8-20-19(22-14)17-13-24(9-10-25-17)12-16-11-21-23-18(16)15-5-3-2-4-6-15/h2-8,11,17H,9-10,12-13H2,1H3,(H,21,23)/t17-/m1/s1. The molecule has 1 N–H and O–H groups in total. The van der Waals surface area contributed by atoms with E-state index in [4.69, 9.17) is 4.74 Å². The van der Waals surface area contributed by atoms with Crippen molar-refractivity contribution in [2.75, 3.05) is 19.7 Å². The summed E-state index contributed by atoms with van der Waals surface area (Å²) < 4.78 is 5.89. The molecule has 25 heavy (non-hydrogen) atoms. The molecule has 1 atom stereocenters. The Morgan fingerprint density at radius 1 is 1.24 bits per heavy atom. The highest BCUT2D eigenvalue weighted by molar-refractivity contribution is 5.62. The van der Waals surface area contributed by atoms with E-state index in [9.17, 15) is 0 Å². The fourth-order valence-electron chi connectivity index (χ4n) is 3.15. The van der Waals surface area contributed by atoms with Crippen LogP contribution in [0.25, 0.3) is 11.3 Å². The minimum absolute atomic E-state index is 0.0827. The third kappa shape index (κ3) is 3.60. The summed E-state index contributed by atoms with van der Waals surface area (Å²) in [7, 11) is 0. The van der Waals surface area contributed by atoms with E-state index < -0.39 is 0 Å². The Bertz CT molecular complexity index is 833. The van der Waals surface area contributed by atoms with Gasteiger partial charge in [0.15, 0.2) is 5.82 Å². The normalized spacial score (nSPS) is 18.4. The van der Waals surface area contributed by atoms with E-state index in [1.54, 1.807) is 6.20 Å². The third-order valence-corrected chi connectivity index (χ3v) is 4.43. The number of nitrogens with one attached hydrogen (secondary N) is 1. The van der Waals surface area contributed by atoms with Gasteiger partial charge in [-0.1, -0.05) is 30.3 Å². The quantitative estimate of drug-likeness (QED) is 0.794. The van der Waals surface area contributed by atoms with Crippen LogP contribution in [0.2, 0.25) is 0 Å². The van der Waals surface area contributed by atoms with E-state index in [0.717, 1.165) is 42.4 Å². The lowest BCUT2D eigenvalue weighted by molar-refractivity contribution is -0.0372. The summed E-state index contributed by atoms with van der Waals surface area (Å²) in [4.78, 5) is 11.3. The molecule has 4 rings (SSSR count). The highest BCUT2D eigenvalue weighted by Gasteiger charge is 2.25. The maximum absolute atomic E-state index is 5.89. The number of rotatable bonds is 4. The average Bonchev–Trinajstić information content (AvgIpc) is 3.11. The number of hydrogen-bond donors (Lipinski definition) is 1. The molecular weight excluding hydrogens is 314 g/mol. The SMILES string of the molecule is Cc1ccnc([C@H]2CN(Cc3cn[nH]c3-c3ccccc3)CCO2)n1. The molecule has 0 bridgehead atoms. The minimum Gasteiger partial charge on any atom is -0.368 e. The molecule has 1 aromatic carbocycles. The Morgan fingerprint density at radius 2 is 2.12 bits per heavy atom. The van der Waals surface area contributed by atoms with E-state index in [0.29, 0.717) is 6.61 Å². The van der Waals surface area contributed by atoms with Gasteiger partial charge in [0, 0.05) is 37.1 Å². The summed E-state index contributed by atoms with van der Waals surface area (Å²) in [5, 5.41) is 7.37. The third-order valence-electron chi connectivity index (χ3n) is 4.43. The second kappa shape index (κ2) is 7.13. The maximum Gasteiger partial charge on any atom is 0.158 e. The molecule has 3 aromatic rings. The summed E-state index contributed by atoms with van der Waals surface area (Å²) >= 11 is 0. The van der Waals surface area contributed by atoms with E-state index in [1.165, 1.54) is 5.56 Å². The second-order valence-electron chi connectivity index (χ2n) is 6.29. The highest BCUT2D eigenvalue weighted by atomic mass is 16.5. The molecule has 1 fully saturated rings. The van der Waals surface area contributed by atoms with Crippen LogP contribution in [0.4, 0.5) is 0 Å². The molecule has 0 radical (unpaired) electrons. The Hall–Kier alpha value is -2.57. The highest BCUT2D eigenvalue weighted by Crippen LogP contribution is 2.25. The first-order valence-electron chi connectivity index (χ1n) is 8.51. The Morgan fingerprint density at radius 3 is 2.96 bits per heavy atom. The van der Waals surface area contributed by atoms with Crippen molar-refractivity contribution in [3.05, 3.63) is 65.9 Å². The van der Waals surface area contributed by atoms with Gasteiger partial charge >= 0.3 is 0 Å². The predicted octanol–water partition coefficient (Wildman–Crippen LogP) is 2.75. The average molecular weight is 335 g/mol. The number of H-pyrrole nitrogens is 1. The molecule has 0 unspecified atom stereocenters. The topological polar surface area (TPSA) is 66.9 Å². The molecule has 6 heteroatoms. The summed E-state index contributed by atoms with van der Waals surface area (Å²) in [6, 6.07) is 12.2. The first-order valence-corrected chi connectivity index (χ1v) is 8.51. The van der Waals surface area contributed by atoms with Crippen LogP contribution in [-0.2, 0) is 11.3 Å². The number of hydrogen-bond acceptors (Lipinski definition) is 5. The van der Waals surface area contributed by atoms with Crippen molar-refractivity contribution in [3.8, 4) is 11.3 Å². The van der Waals surface area contributed by atoms with Crippen molar-refractivity contribution < 1.29 is 4.74 Å². The molecule has 1 aliphatic rings. The van der Waals surface area contributed by atoms with Crippen LogP contribution in [0.1, 0.15) is 23.2 Å². The summed E-state index contributed by atoms with van der Waals surface area (Å²) in [6.07, 6.45) is 3.63. The van der Waals surface area contributed by atoms with Crippen molar-refractivity contribution in [2.45, 2.75) is 19.6 Å². The lowest BCUT2D eigenvalue weighted by Gasteiger charge is -2.32. The molecule has 0 spiro atoms. The summed E-state index contributed by atoms with van der Waals surface area (Å²) in [5.41, 5.74) is 4.39. The van der Waals surface area contributed by atoms with Gasteiger partial charge in [-0.15, -0.1) is 0 Å². The van der Waals surface area contributed by atoms with Gasteiger partial charge in [0.1, 0.15) is 6.10 Å². The van der Waals surface area contributed by atoms with E-state index in [-0.39, 0.29) is 6.10 Å². The lowest BCUT2D eigenvalue weighted by atomic mass is 10.1. The number of ether oxygens (including phenoxy) is 1. The number of aromatic nitrogens is 4. The van der Waals surface area contributed by atoms with Gasteiger partial charge in [-0.25, -0.2) is 9.97 Å². The number of morpholine rings is 1. The first kappa shape index (κ1) is 15.9. The fourth-order valence-corrected chi connectivity index (χ4v) is 3.15. The zero-order valence-corrected chi connectivity index (χ0v) is 14.2. The van der Waals surface area contributed by atoms with Crippen LogP contribution in [-0.4, -0.2) is 44.8 Å². The first-order chi connectivity index (χ1) is 12.3. The van der Waals surface area contributed by atoms with Gasteiger partial charge in [-0.3, -0.25) is 10.00 Å². The van der Waals surface area contributed by atoms with E-state index in [1.807, 2.05) is 37.4 Å². The Balaban J connectivity index is 1.49. The van der Waals surface area contributed by atoms with Crippen LogP contribution in [0.15, 0.2) is 48.8 Å². The molecular formula is C19H21N5O. The summed E-state index contributed by atoms with van der Waals surface area (Å²) in [5.74, 6) is 0.764. The molecule has 3 heterocycles. The Labute approximate surface area is 146 Å². The zero-order chi connectivity index (χ0) is 17.1. The largest absolute Gasteiger partial charge is 0.368 e. The number of benzene rings is 1. The number of aromatic amines is 1. The van der Waals surface area contributed by atoms with Gasteiger partial charge in [-0.2, -0.15) is 5.10 Å². The van der Waals surface area contributed by atoms with Gasteiger partial charge in [-0.05, 0) is 18.6 Å². The minimum atomic E-state index is -0.0827. The van der Waals surface area contributed by atoms with E-state index in [2.05, 4.69) is 37.2 Å². The molecule has 1 saturated heterocycles. The number of nitrogens with zero attached hydrogens (tertiary/aromatic N) is 4. The molecule has 0 amide bonds. The van der Waals surface area contributed by atoms with Crippen molar-refractivity contribution in [1.29, 1.82) is 0 Å². The van der Waals surface area contributed by atoms with Crippen molar-refractivity contribution in [2.24, 2.45) is 0 Å².